The molecule has 3 amide bonds. The Morgan fingerprint density at radius 2 is 1.96 bits per heavy atom. The van der Waals surface area contributed by atoms with Crippen molar-refractivity contribution in [2.75, 3.05) is 18.4 Å². The minimum atomic E-state index is -0.276. The fraction of sp³-hybridized carbons (Fsp3) is 0.688. The van der Waals surface area contributed by atoms with Gasteiger partial charge >= 0.3 is 6.03 Å². The second kappa shape index (κ2) is 7.02. The summed E-state index contributed by atoms with van der Waals surface area (Å²) in [5.41, 5.74) is 2.21. The molecule has 0 radical (unpaired) electrons. The van der Waals surface area contributed by atoms with E-state index in [1.54, 1.807) is 4.68 Å². The van der Waals surface area contributed by atoms with Crippen molar-refractivity contribution in [3.63, 3.8) is 0 Å². The van der Waals surface area contributed by atoms with E-state index in [1.165, 1.54) is 25.7 Å². The Kier molecular flexibility index (Phi) is 4.83. The third-order valence-electron chi connectivity index (χ3n) is 4.76. The molecule has 0 spiro atoms. The summed E-state index contributed by atoms with van der Waals surface area (Å²) in [7, 11) is 1.83. The van der Waals surface area contributed by atoms with Crippen LogP contribution in [0.2, 0.25) is 0 Å². The van der Waals surface area contributed by atoms with E-state index < -0.39 is 0 Å². The smallest absolute Gasteiger partial charge is 0.315 e. The number of fused-ring (bicyclic) bond motifs is 1. The summed E-state index contributed by atoms with van der Waals surface area (Å²) in [6, 6.07) is -0.276. The Morgan fingerprint density at radius 3 is 2.74 bits per heavy atom. The monoisotopic (exact) mass is 319 g/mol. The molecule has 1 fully saturated rings. The zero-order valence-electron chi connectivity index (χ0n) is 13.7. The number of anilines is 1. The van der Waals surface area contributed by atoms with Crippen molar-refractivity contribution in [3.8, 4) is 0 Å². The molecule has 0 aromatic carbocycles. The molecule has 3 rings (SSSR count). The van der Waals surface area contributed by atoms with E-state index >= 15 is 0 Å². The predicted octanol–water partition coefficient (Wildman–Crippen LogP) is 1.34. The molecule has 2 aliphatic carbocycles. The van der Waals surface area contributed by atoms with Crippen LogP contribution in [0, 0.1) is 5.92 Å². The second-order valence-corrected chi connectivity index (χ2v) is 6.51. The standard InChI is InChI=1S/C16H25N5O2/c1-21-15(12-7-4-8-13(12)20-21)19-14(22)10-18-16(23)17-9-11-5-2-3-6-11/h11H,2-10H2,1H3,(H,19,22)(H2,17,18,23). The fourth-order valence-corrected chi connectivity index (χ4v) is 3.53. The van der Waals surface area contributed by atoms with Gasteiger partial charge in [-0.2, -0.15) is 5.10 Å². The molecule has 0 aliphatic heterocycles. The van der Waals surface area contributed by atoms with Crippen LogP contribution in [0.4, 0.5) is 10.6 Å². The average Bonchev–Trinajstić information content (AvgIpc) is 3.23. The lowest BCUT2D eigenvalue weighted by Crippen LogP contribution is -2.41. The van der Waals surface area contributed by atoms with Gasteiger partial charge in [-0.25, -0.2) is 4.79 Å². The van der Waals surface area contributed by atoms with Crippen LogP contribution in [0.3, 0.4) is 0 Å². The topological polar surface area (TPSA) is 88.1 Å². The van der Waals surface area contributed by atoms with Crippen LogP contribution in [-0.2, 0) is 24.7 Å². The number of hydrogen-bond donors (Lipinski definition) is 3. The molecular formula is C16H25N5O2. The highest BCUT2D eigenvalue weighted by molar-refractivity contribution is 5.94. The highest BCUT2D eigenvalue weighted by Crippen LogP contribution is 2.27. The number of aromatic nitrogens is 2. The number of carbonyl (C=O) groups is 2. The van der Waals surface area contributed by atoms with Crippen LogP contribution < -0.4 is 16.0 Å². The van der Waals surface area contributed by atoms with Gasteiger partial charge in [0.05, 0.1) is 12.2 Å². The lowest BCUT2D eigenvalue weighted by Gasteiger charge is -2.12. The minimum Gasteiger partial charge on any atom is -0.338 e. The van der Waals surface area contributed by atoms with Crippen LogP contribution in [-0.4, -0.2) is 34.8 Å². The summed E-state index contributed by atoms with van der Waals surface area (Å²) in [6.07, 6.45) is 7.90. The molecule has 7 nitrogen and oxygen atoms in total. The number of rotatable bonds is 5. The summed E-state index contributed by atoms with van der Waals surface area (Å²) in [6.45, 7) is 0.666. The zero-order chi connectivity index (χ0) is 16.2. The number of urea groups is 1. The van der Waals surface area contributed by atoms with Crippen molar-refractivity contribution in [2.24, 2.45) is 13.0 Å². The average molecular weight is 319 g/mol. The maximum absolute atomic E-state index is 12.0. The van der Waals surface area contributed by atoms with Crippen LogP contribution in [0.1, 0.15) is 43.4 Å². The minimum absolute atomic E-state index is 0.0313. The van der Waals surface area contributed by atoms with E-state index in [-0.39, 0.29) is 18.5 Å². The van der Waals surface area contributed by atoms with Crippen LogP contribution in [0.15, 0.2) is 0 Å². The number of amides is 3. The van der Waals surface area contributed by atoms with E-state index in [4.69, 9.17) is 0 Å². The molecule has 2 aliphatic rings. The number of hydrogen-bond acceptors (Lipinski definition) is 3. The van der Waals surface area contributed by atoms with E-state index in [2.05, 4.69) is 21.0 Å². The molecule has 1 aromatic heterocycles. The van der Waals surface area contributed by atoms with E-state index in [0.717, 1.165) is 36.3 Å². The first-order valence-electron chi connectivity index (χ1n) is 8.50. The van der Waals surface area contributed by atoms with Crippen LogP contribution in [0.5, 0.6) is 0 Å². The fourth-order valence-electron chi connectivity index (χ4n) is 3.53. The van der Waals surface area contributed by atoms with Crippen molar-refractivity contribution in [1.29, 1.82) is 0 Å². The SMILES string of the molecule is Cn1nc2c(c1NC(=O)CNC(=O)NCC1CCCC1)CCC2. The summed E-state index contributed by atoms with van der Waals surface area (Å²) in [4.78, 5) is 23.8. The number of carbonyl (C=O) groups excluding carboxylic acids is 2. The summed E-state index contributed by atoms with van der Waals surface area (Å²) in [5, 5.41) is 12.7. The summed E-state index contributed by atoms with van der Waals surface area (Å²) < 4.78 is 1.71. The van der Waals surface area contributed by atoms with Gasteiger partial charge in [0.25, 0.3) is 0 Å². The molecule has 23 heavy (non-hydrogen) atoms. The molecule has 0 saturated heterocycles. The molecule has 3 N–H and O–H groups in total. The lowest BCUT2D eigenvalue weighted by molar-refractivity contribution is -0.115. The highest BCUT2D eigenvalue weighted by atomic mass is 16.2. The van der Waals surface area contributed by atoms with E-state index in [0.29, 0.717) is 12.5 Å². The largest absolute Gasteiger partial charge is 0.338 e. The molecule has 0 atom stereocenters. The number of aryl methyl sites for hydroxylation is 2. The number of nitrogens with zero attached hydrogens (tertiary/aromatic N) is 2. The molecule has 1 heterocycles. The first-order valence-corrected chi connectivity index (χ1v) is 8.50. The van der Waals surface area contributed by atoms with Gasteiger partial charge in [-0.1, -0.05) is 12.8 Å². The Morgan fingerprint density at radius 1 is 1.17 bits per heavy atom. The van der Waals surface area contributed by atoms with Gasteiger partial charge in [-0.15, -0.1) is 0 Å². The Balaban J connectivity index is 1.42. The molecule has 0 bridgehead atoms. The third-order valence-corrected chi connectivity index (χ3v) is 4.76. The molecular weight excluding hydrogens is 294 g/mol. The Labute approximate surface area is 136 Å². The summed E-state index contributed by atoms with van der Waals surface area (Å²) in [5.74, 6) is 1.13. The first-order chi connectivity index (χ1) is 11.1. The first kappa shape index (κ1) is 15.8. The quantitative estimate of drug-likeness (QED) is 0.765. The molecule has 1 aromatic rings. The maximum atomic E-state index is 12.0. The van der Waals surface area contributed by atoms with Crippen molar-refractivity contribution in [2.45, 2.75) is 44.9 Å². The third kappa shape index (κ3) is 3.83. The van der Waals surface area contributed by atoms with E-state index in [1.807, 2.05) is 7.05 Å². The Bertz CT molecular complexity index is 590. The highest BCUT2D eigenvalue weighted by Gasteiger charge is 2.22. The second-order valence-electron chi connectivity index (χ2n) is 6.51. The van der Waals surface area contributed by atoms with E-state index in [9.17, 15) is 9.59 Å². The van der Waals surface area contributed by atoms with Gasteiger partial charge in [0, 0.05) is 19.2 Å². The van der Waals surface area contributed by atoms with Gasteiger partial charge in [0.1, 0.15) is 5.82 Å². The molecule has 7 heteroatoms. The summed E-state index contributed by atoms with van der Waals surface area (Å²) >= 11 is 0. The van der Waals surface area contributed by atoms with Gasteiger partial charge < -0.3 is 16.0 Å². The zero-order valence-corrected chi connectivity index (χ0v) is 13.7. The van der Waals surface area contributed by atoms with Gasteiger partial charge in [0.15, 0.2) is 0 Å². The lowest BCUT2D eigenvalue weighted by atomic mass is 10.1. The van der Waals surface area contributed by atoms with Crippen molar-refractivity contribution in [3.05, 3.63) is 11.3 Å². The Hall–Kier alpha value is -2.05. The molecule has 1 saturated carbocycles. The molecule has 0 unspecified atom stereocenters. The molecule has 126 valence electrons. The van der Waals surface area contributed by atoms with Gasteiger partial charge in [-0.05, 0) is 38.0 Å². The number of nitrogens with one attached hydrogen (secondary N) is 3. The maximum Gasteiger partial charge on any atom is 0.315 e. The van der Waals surface area contributed by atoms with Crippen molar-refractivity contribution >= 4 is 17.8 Å². The van der Waals surface area contributed by atoms with Gasteiger partial charge in [-0.3, -0.25) is 9.48 Å². The van der Waals surface area contributed by atoms with Crippen molar-refractivity contribution < 1.29 is 9.59 Å². The van der Waals surface area contributed by atoms with Crippen molar-refractivity contribution in [1.82, 2.24) is 20.4 Å². The normalized spacial score (nSPS) is 17.1. The van der Waals surface area contributed by atoms with Gasteiger partial charge in [0.2, 0.25) is 5.91 Å². The predicted molar refractivity (Wildman–Crippen MR) is 87.2 cm³/mol. The van der Waals surface area contributed by atoms with Crippen LogP contribution in [0.25, 0.3) is 0 Å². The van der Waals surface area contributed by atoms with Crippen LogP contribution >= 0.6 is 0 Å².